The number of amides is 1. The number of carbonyl (C=O) groups excluding carboxylic acids is 2. The van der Waals surface area contributed by atoms with Crippen LogP contribution in [0.4, 0.5) is 10.2 Å². The van der Waals surface area contributed by atoms with E-state index in [1.165, 1.54) is 12.1 Å². The molecule has 2 aromatic carbocycles. The SMILES string of the molecule is Cc1c(C#N)c(NC(=O)COC(=O)Cn2c(=O)oc3ccccc32)n(Cc2ccc(F)cc2)c1C. The summed E-state index contributed by atoms with van der Waals surface area (Å²) in [5.74, 6) is -2.28. The van der Waals surface area contributed by atoms with E-state index in [0.717, 1.165) is 15.8 Å². The first-order valence-electron chi connectivity index (χ1n) is 10.7. The topological polar surface area (TPSA) is 119 Å². The summed E-state index contributed by atoms with van der Waals surface area (Å²) in [6.07, 6.45) is 0. The fraction of sp³-hybridized carbons (Fsp3) is 0.200. The highest BCUT2D eigenvalue weighted by molar-refractivity contribution is 5.93. The average molecular weight is 476 g/mol. The molecule has 0 unspecified atom stereocenters. The number of carbonyl (C=O) groups is 2. The van der Waals surface area contributed by atoms with Gasteiger partial charge in [0.15, 0.2) is 12.2 Å². The first-order valence-corrected chi connectivity index (χ1v) is 10.7. The number of benzene rings is 2. The lowest BCUT2D eigenvalue weighted by Crippen LogP contribution is -2.26. The van der Waals surface area contributed by atoms with E-state index >= 15 is 0 Å². The van der Waals surface area contributed by atoms with E-state index in [-0.39, 0.29) is 17.2 Å². The number of aromatic nitrogens is 2. The molecule has 0 fully saturated rings. The van der Waals surface area contributed by atoms with E-state index in [0.29, 0.717) is 23.2 Å². The van der Waals surface area contributed by atoms with E-state index in [4.69, 9.17) is 9.15 Å². The van der Waals surface area contributed by atoms with E-state index in [2.05, 4.69) is 11.4 Å². The highest BCUT2D eigenvalue weighted by Gasteiger charge is 2.21. The molecule has 0 saturated carbocycles. The van der Waals surface area contributed by atoms with Crippen LogP contribution in [0.1, 0.15) is 22.4 Å². The Labute approximate surface area is 198 Å². The van der Waals surface area contributed by atoms with Gasteiger partial charge in [-0.1, -0.05) is 24.3 Å². The molecule has 35 heavy (non-hydrogen) atoms. The molecule has 4 aromatic rings. The van der Waals surface area contributed by atoms with Crippen molar-refractivity contribution in [3.8, 4) is 6.07 Å². The monoisotopic (exact) mass is 476 g/mol. The molecular formula is C25H21FN4O5. The first-order chi connectivity index (χ1) is 16.8. The summed E-state index contributed by atoms with van der Waals surface area (Å²) >= 11 is 0. The Morgan fingerprint density at radius 3 is 2.54 bits per heavy atom. The maximum absolute atomic E-state index is 13.3. The summed E-state index contributed by atoms with van der Waals surface area (Å²) in [6, 6.07) is 14.6. The average Bonchev–Trinajstić information content (AvgIpc) is 3.27. The number of anilines is 1. The fourth-order valence-electron chi connectivity index (χ4n) is 3.75. The maximum atomic E-state index is 13.3. The molecule has 0 saturated heterocycles. The molecule has 0 atom stereocenters. The van der Waals surface area contributed by atoms with Gasteiger partial charge in [-0.15, -0.1) is 0 Å². The van der Waals surface area contributed by atoms with Crippen LogP contribution in [0.15, 0.2) is 57.7 Å². The molecular weight excluding hydrogens is 455 g/mol. The third kappa shape index (κ3) is 4.84. The Kier molecular flexibility index (Phi) is 6.51. The van der Waals surface area contributed by atoms with Crippen molar-refractivity contribution >= 4 is 28.8 Å². The molecule has 178 valence electrons. The van der Waals surface area contributed by atoms with Crippen molar-refractivity contribution in [1.82, 2.24) is 9.13 Å². The first kappa shape index (κ1) is 23.5. The summed E-state index contributed by atoms with van der Waals surface area (Å²) in [4.78, 5) is 36.9. The van der Waals surface area contributed by atoms with Gasteiger partial charge in [0.1, 0.15) is 24.2 Å². The van der Waals surface area contributed by atoms with Gasteiger partial charge in [0.05, 0.1) is 11.1 Å². The number of hydrogen-bond donors (Lipinski definition) is 1. The van der Waals surface area contributed by atoms with Crippen molar-refractivity contribution in [3.63, 3.8) is 0 Å². The lowest BCUT2D eigenvalue weighted by Gasteiger charge is -2.13. The number of ether oxygens (including phenoxy) is 1. The van der Waals surface area contributed by atoms with Crippen molar-refractivity contribution in [2.45, 2.75) is 26.9 Å². The summed E-state index contributed by atoms with van der Waals surface area (Å²) in [6.45, 7) is 2.82. The molecule has 4 rings (SSSR count). The van der Waals surface area contributed by atoms with Crippen LogP contribution in [0, 0.1) is 31.0 Å². The number of esters is 1. The number of rotatable bonds is 7. The van der Waals surface area contributed by atoms with Crippen LogP contribution in [-0.4, -0.2) is 27.6 Å². The number of oxazole rings is 1. The molecule has 0 aliphatic rings. The second-order valence-electron chi connectivity index (χ2n) is 7.89. The van der Waals surface area contributed by atoms with Crippen molar-refractivity contribution in [1.29, 1.82) is 5.26 Å². The second kappa shape index (κ2) is 9.69. The lowest BCUT2D eigenvalue weighted by molar-refractivity contribution is -0.147. The van der Waals surface area contributed by atoms with Crippen LogP contribution in [0.5, 0.6) is 0 Å². The standard InChI is InChI=1S/C25H21FN4O5/c1-15-16(2)29(12-17-7-9-18(26)10-8-17)24(19(15)11-27)28-22(31)14-34-23(32)13-30-20-5-3-4-6-21(20)35-25(30)33/h3-10H,12-14H2,1-2H3,(H,28,31). The third-order valence-corrected chi connectivity index (χ3v) is 5.68. The Bertz CT molecular complexity index is 1520. The van der Waals surface area contributed by atoms with Gasteiger partial charge in [0.25, 0.3) is 5.91 Å². The maximum Gasteiger partial charge on any atom is 0.420 e. The molecule has 10 heteroatoms. The fourth-order valence-corrected chi connectivity index (χ4v) is 3.75. The number of nitrogens with one attached hydrogen (secondary N) is 1. The van der Waals surface area contributed by atoms with Gasteiger partial charge < -0.3 is 19.0 Å². The van der Waals surface area contributed by atoms with Crippen LogP contribution in [0.3, 0.4) is 0 Å². The van der Waals surface area contributed by atoms with Gasteiger partial charge in [-0.05, 0) is 49.2 Å². The molecule has 0 bridgehead atoms. The summed E-state index contributed by atoms with van der Waals surface area (Å²) in [5.41, 5.74) is 3.26. The van der Waals surface area contributed by atoms with Crippen molar-refractivity contribution in [2.75, 3.05) is 11.9 Å². The zero-order valence-corrected chi connectivity index (χ0v) is 19.0. The summed E-state index contributed by atoms with van der Waals surface area (Å²) in [5, 5.41) is 12.3. The quantitative estimate of drug-likeness (QED) is 0.409. The van der Waals surface area contributed by atoms with E-state index < -0.39 is 30.8 Å². The minimum atomic E-state index is -0.802. The van der Waals surface area contributed by atoms with Crippen molar-refractivity contribution in [2.24, 2.45) is 0 Å². The van der Waals surface area contributed by atoms with Crippen molar-refractivity contribution in [3.05, 3.63) is 87.3 Å². The highest BCUT2D eigenvalue weighted by Crippen LogP contribution is 2.27. The second-order valence-corrected chi connectivity index (χ2v) is 7.89. The van der Waals surface area contributed by atoms with Gasteiger partial charge >= 0.3 is 11.7 Å². The molecule has 9 nitrogen and oxygen atoms in total. The predicted octanol–water partition coefficient (Wildman–Crippen LogP) is 3.25. The van der Waals surface area contributed by atoms with Crippen LogP contribution in [-0.2, 0) is 27.4 Å². The van der Waals surface area contributed by atoms with Crippen LogP contribution in [0.2, 0.25) is 0 Å². The number of nitriles is 1. The Balaban J connectivity index is 1.46. The number of fused-ring (bicyclic) bond motifs is 1. The Morgan fingerprint density at radius 2 is 1.83 bits per heavy atom. The number of para-hydroxylation sites is 2. The Hall–Kier alpha value is -4.65. The summed E-state index contributed by atoms with van der Waals surface area (Å²) in [7, 11) is 0. The van der Waals surface area contributed by atoms with Gasteiger partial charge in [-0.2, -0.15) is 5.26 Å². The largest absolute Gasteiger partial charge is 0.454 e. The zero-order chi connectivity index (χ0) is 25.1. The summed E-state index contributed by atoms with van der Waals surface area (Å²) < 4.78 is 26.3. The number of halogens is 1. The van der Waals surface area contributed by atoms with E-state index in [1.807, 2.05) is 6.92 Å². The minimum absolute atomic E-state index is 0.255. The molecule has 0 spiro atoms. The predicted molar refractivity (Wildman–Crippen MR) is 124 cm³/mol. The third-order valence-electron chi connectivity index (χ3n) is 5.68. The lowest BCUT2D eigenvalue weighted by atomic mass is 10.2. The minimum Gasteiger partial charge on any atom is -0.454 e. The van der Waals surface area contributed by atoms with Gasteiger partial charge in [-0.3, -0.25) is 14.2 Å². The van der Waals surface area contributed by atoms with Crippen LogP contribution < -0.4 is 11.1 Å². The van der Waals surface area contributed by atoms with Crippen molar-refractivity contribution < 1.29 is 23.1 Å². The molecule has 2 heterocycles. The van der Waals surface area contributed by atoms with Crippen LogP contribution in [0.25, 0.3) is 11.1 Å². The normalized spacial score (nSPS) is 10.8. The number of nitrogens with zero attached hydrogens (tertiary/aromatic N) is 3. The van der Waals surface area contributed by atoms with Gasteiger partial charge in [0.2, 0.25) is 0 Å². The highest BCUT2D eigenvalue weighted by atomic mass is 19.1. The number of hydrogen-bond acceptors (Lipinski definition) is 6. The molecule has 1 amide bonds. The zero-order valence-electron chi connectivity index (χ0n) is 19.0. The Morgan fingerprint density at radius 1 is 1.11 bits per heavy atom. The molecule has 0 aliphatic carbocycles. The van der Waals surface area contributed by atoms with E-state index in [9.17, 15) is 24.0 Å². The van der Waals surface area contributed by atoms with Gasteiger partial charge in [0, 0.05) is 12.2 Å². The van der Waals surface area contributed by atoms with E-state index in [1.54, 1.807) is 47.9 Å². The molecule has 2 aromatic heterocycles. The van der Waals surface area contributed by atoms with Crippen LogP contribution >= 0.6 is 0 Å². The smallest absolute Gasteiger partial charge is 0.420 e. The molecule has 0 aliphatic heterocycles. The molecule has 0 radical (unpaired) electrons. The molecule has 1 N–H and O–H groups in total. The van der Waals surface area contributed by atoms with Gasteiger partial charge in [-0.25, -0.2) is 9.18 Å².